The van der Waals surface area contributed by atoms with Crippen LogP contribution in [0.1, 0.15) is 17.9 Å². The van der Waals surface area contributed by atoms with Gasteiger partial charge >= 0.3 is 0 Å². The van der Waals surface area contributed by atoms with Crippen molar-refractivity contribution in [1.82, 2.24) is 9.46 Å². The van der Waals surface area contributed by atoms with Crippen LogP contribution in [-0.4, -0.2) is 42.5 Å². The number of nitrogens with zero attached hydrogens (tertiary/aromatic N) is 3. The third kappa shape index (κ3) is 2.79. The van der Waals surface area contributed by atoms with Gasteiger partial charge in [0.1, 0.15) is 16.4 Å². The van der Waals surface area contributed by atoms with Gasteiger partial charge in [-0.05, 0) is 13.8 Å². The molecule has 0 saturated heterocycles. The lowest BCUT2D eigenvalue weighted by Gasteiger charge is -2.16. The van der Waals surface area contributed by atoms with Crippen molar-refractivity contribution in [3.63, 3.8) is 0 Å². The number of aryl methyl sites for hydroxylation is 2. The second-order valence-corrected chi connectivity index (χ2v) is 5.80. The van der Waals surface area contributed by atoms with Gasteiger partial charge in [-0.3, -0.25) is 0 Å². The van der Waals surface area contributed by atoms with Gasteiger partial charge in [-0.25, -0.2) is 12.7 Å². The van der Waals surface area contributed by atoms with E-state index in [4.69, 9.17) is 15.5 Å². The Balaban J connectivity index is 2.94. The SMILES string of the molecule is Cc1noc(C)c1S(=O)(=O)N(C)CC/C(N)=N/O. The molecule has 1 rings (SSSR count). The average molecular weight is 276 g/mol. The van der Waals surface area contributed by atoms with E-state index in [1.165, 1.54) is 14.0 Å². The molecule has 0 aliphatic heterocycles. The molecule has 0 spiro atoms. The fourth-order valence-corrected chi connectivity index (χ4v) is 2.90. The van der Waals surface area contributed by atoms with Gasteiger partial charge in [0, 0.05) is 20.0 Å². The zero-order valence-corrected chi connectivity index (χ0v) is 11.2. The van der Waals surface area contributed by atoms with Gasteiger partial charge < -0.3 is 15.5 Å². The number of nitrogens with two attached hydrogens (primary N) is 1. The highest BCUT2D eigenvalue weighted by atomic mass is 32.2. The minimum atomic E-state index is -3.68. The minimum absolute atomic E-state index is 0.0317. The first-order valence-corrected chi connectivity index (χ1v) is 6.60. The first-order chi connectivity index (χ1) is 8.30. The molecule has 0 radical (unpaired) electrons. The molecule has 0 atom stereocenters. The van der Waals surface area contributed by atoms with E-state index < -0.39 is 10.0 Å². The van der Waals surface area contributed by atoms with Crippen LogP contribution < -0.4 is 5.73 Å². The van der Waals surface area contributed by atoms with Crippen LogP contribution >= 0.6 is 0 Å². The Kier molecular flexibility index (Phi) is 4.30. The van der Waals surface area contributed by atoms with Gasteiger partial charge in [-0.15, -0.1) is 0 Å². The van der Waals surface area contributed by atoms with Crippen molar-refractivity contribution in [2.45, 2.75) is 25.2 Å². The summed E-state index contributed by atoms with van der Waals surface area (Å²) in [6.07, 6.45) is 0.135. The number of hydrogen-bond acceptors (Lipinski definition) is 6. The molecule has 0 saturated carbocycles. The zero-order chi connectivity index (χ0) is 13.9. The van der Waals surface area contributed by atoms with Crippen LogP contribution in [0, 0.1) is 13.8 Å². The summed E-state index contributed by atoms with van der Waals surface area (Å²) in [6, 6.07) is 0. The average Bonchev–Trinajstić information content (AvgIpc) is 2.65. The maximum Gasteiger partial charge on any atom is 0.248 e. The molecule has 0 unspecified atom stereocenters. The molecule has 8 nitrogen and oxygen atoms in total. The van der Waals surface area contributed by atoms with Crippen LogP contribution in [-0.2, 0) is 10.0 Å². The lowest BCUT2D eigenvalue weighted by atomic mass is 10.4. The molecule has 1 heterocycles. The number of hydrogen-bond donors (Lipinski definition) is 2. The van der Waals surface area contributed by atoms with E-state index in [0.717, 1.165) is 4.31 Å². The summed E-state index contributed by atoms with van der Waals surface area (Å²) in [6.45, 7) is 3.19. The van der Waals surface area contributed by atoms with Gasteiger partial charge in [-0.2, -0.15) is 0 Å². The molecule has 0 amide bonds. The Hall–Kier alpha value is -1.61. The van der Waals surface area contributed by atoms with Crippen LogP contribution in [0.4, 0.5) is 0 Å². The molecule has 0 bridgehead atoms. The van der Waals surface area contributed by atoms with E-state index in [9.17, 15) is 8.42 Å². The summed E-state index contributed by atoms with van der Waals surface area (Å²) in [5, 5.41) is 14.8. The van der Waals surface area contributed by atoms with Crippen LogP contribution in [0.5, 0.6) is 0 Å². The fourth-order valence-electron chi connectivity index (χ4n) is 1.44. The van der Waals surface area contributed by atoms with Crippen LogP contribution in [0.25, 0.3) is 0 Å². The lowest BCUT2D eigenvalue weighted by Crippen LogP contribution is -2.31. The maximum atomic E-state index is 12.2. The van der Waals surface area contributed by atoms with Crippen molar-refractivity contribution in [2.75, 3.05) is 13.6 Å². The monoisotopic (exact) mass is 276 g/mol. The molecule has 0 aromatic carbocycles. The molecule has 0 fully saturated rings. The molecular formula is C9H16N4O4S. The van der Waals surface area contributed by atoms with Crippen LogP contribution in [0.3, 0.4) is 0 Å². The van der Waals surface area contributed by atoms with Crippen molar-refractivity contribution in [1.29, 1.82) is 0 Å². The molecule has 1 aromatic heterocycles. The smallest absolute Gasteiger partial charge is 0.248 e. The minimum Gasteiger partial charge on any atom is -0.409 e. The van der Waals surface area contributed by atoms with Crippen molar-refractivity contribution < 1.29 is 18.1 Å². The van der Waals surface area contributed by atoms with E-state index in [1.807, 2.05) is 0 Å². The van der Waals surface area contributed by atoms with Gasteiger partial charge in [0.25, 0.3) is 0 Å². The highest BCUT2D eigenvalue weighted by Crippen LogP contribution is 2.22. The van der Waals surface area contributed by atoms with Crippen molar-refractivity contribution >= 4 is 15.9 Å². The molecule has 102 valence electrons. The summed E-state index contributed by atoms with van der Waals surface area (Å²) in [5.41, 5.74) is 5.60. The van der Waals surface area contributed by atoms with Gasteiger partial charge in [0.2, 0.25) is 10.0 Å². The quantitative estimate of drug-likeness (QED) is 0.339. The second-order valence-electron chi connectivity index (χ2n) is 3.82. The molecule has 0 aliphatic carbocycles. The molecular weight excluding hydrogens is 260 g/mol. The summed E-state index contributed by atoms with van der Waals surface area (Å²) >= 11 is 0. The summed E-state index contributed by atoms with van der Waals surface area (Å²) in [5.74, 6) is 0.207. The van der Waals surface area contributed by atoms with E-state index in [-0.39, 0.29) is 29.5 Å². The number of oxime groups is 1. The van der Waals surface area contributed by atoms with E-state index in [1.54, 1.807) is 6.92 Å². The number of aromatic nitrogens is 1. The Labute approximate surface area is 105 Å². The molecule has 1 aromatic rings. The standard InChI is InChI=1S/C9H16N4O4S/c1-6-9(7(2)17-12-6)18(15,16)13(3)5-4-8(10)11-14/h14H,4-5H2,1-3H3,(H2,10,11). The predicted molar refractivity (Wildman–Crippen MR) is 63.8 cm³/mol. The Morgan fingerprint density at radius 3 is 2.61 bits per heavy atom. The third-order valence-corrected chi connectivity index (χ3v) is 4.55. The van der Waals surface area contributed by atoms with Crippen LogP contribution in [0.2, 0.25) is 0 Å². The zero-order valence-electron chi connectivity index (χ0n) is 10.4. The Morgan fingerprint density at radius 2 is 2.17 bits per heavy atom. The maximum absolute atomic E-state index is 12.2. The van der Waals surface area contributed by atoms with Gasteiger partial charge in [-0.1, -0.05) is 10.3 Å². The topological polar surface area (TPSA) is 122 Å². The normalized spacial score (nSPS) is 13.2. The van der Waals surface area contributed by atoms with Crippen molar-refractivity contribution in [3.8, 4) is 0 Å². The van der Waals surface area contributed by atoms with Crippen molar-refractivity contribution in [3.05, 3.63) is 11.5 Å². The van der Waals surface area contributed by atoms with Gasteiger partial charge in [0.05, 0.1) is 0 Å². The highest BCUT2D eigenvalue weighted by Gasteiger charge is 2.28. The predicted octanol–water partition coefficient (Wildman–Crippen LogP) is 0.0484. The molecule has 18 heavy (non-hydrogen) atoms. The Bertz CT molecular complexity index is 529. The molecule has 0 aliphatic rings. The lowest BCUT2D eigenvalue weighted by molar-refractivity contribution is 0.316. The van der Waals surface area contributed by atoms with Crippen molar-refractivity contribution in [2.24, 2.45) is 10.9 Å². The summed E-state index contributed by atoms with van der Waals surface area (Å²) < 4.78 is 30.4. The Morgan fingerprint density at radius 1 is 1.56 bits per heavy atom. The molecule has 3 N–H and O–H groups in total. The molecule has 9 heteroatoms. The summed E-state index contributed by atoms with van der Waals surface area (Å²) in [7, 11) is -2.27. The van der Waals surface area contributed by atoms with Crippen LogP contribution in [0.15, 0.2) is 14.6 Å². The third-order valence-electron chi connectivity index (χ3n) is 2.45. The first kappa shape index (κ1) is 14.5. The number of amidine groups is 1. The van der Waals surface area contributed by atoms with E-state index >= 15 is 0 Å². The van der Waals surface area contributed by atoms with E-state index in [0.29, 0.717) is 5.69 Å². The summed E-state index contributed by atoms with van der Waals surface area (Å²) in [4.78, 5) is 0.0597. The largest absolute Gasteiger partial charge is 0.409 e. The number of sulfonamides is 1. The second kappa shape index (κ2) is 5.36. The van der Waals surface area contributed by atoms with E-state index in [2.05, 4.69) is 10.3 Å². The number of rotatable bonds is 5. The highest BCUT2D eigenvalue weighted by molar-refractivity contribution is 7.89. The van der Waals surface area contributed by atoms with Gasteiger partial charge in [0.15, 0.2) is 5.76 Å². The fraction of sp³-hybridized carbons (Fsp3) is 0.556. The first-order valence-electron chi connectivity index (χ1n) is 5.16.